The predicted molar refractivity (Wildman–Crippen MR) is 80.2 cm³/mol. The van der Waals surface area contributed by atoms with Crippen molar-refractivity contribution < 1.29 is 4.79 Å². The molecular weight excluding hydrogens is 246 g/mol. The van der Waals surface area contributed by atoms with Crippen LogP contribution in [-0.2, 0) is 4.79 Å². The first-order chi connectivity index (χ1) is 9.44. The fraction of sp³-hybridized carbons (Fsp3) is 0.944. The van der Waals surface area contributed by atoms with Gasteiger partial charge in [0, 0.05) is 11.5 Å². The highest BCUT2D eigenvalue weighted by atomic mass is 16.2. The van der Waals surface area contributed by atoms with Gasteiger partial charge in [0.15, 0.2) is 0 Å². The van der Waals surface area contributed by atoms with Gasteiger partial charge in [-0.25, -0.2) is 0 Å². The third kappa shape index (κ3) is 2.10. The zero-order valence-electron chi connectivity index (χ0n) is 13.1. The van der Waals surface area contributed by atoms with Crippen LogP contribution in [0, 0.1) is 28.6 Å². The Balaban J connectivity index is 1.46. The lowest BCUT2D eigenvalue weighted by molar-refractivity contribution is -0.147. The van der Waals surface area contributed by atoms with E-state index in [1.165, 1.54) is 57.8 Å². The first-order valence-electron chi connectivity index (χ1n) is 8.75. The molecular formula is C18H29NO. The number of carbonyl (C=O) groups excluding carboxylic acids is 1. The zero-order chi connectivity index (χ0) is 14.0. The minimum Gasteiger partial charge on any atom is -0.353 e. The average Bonchev–Trinajstić information content (AvgIpc) is 2.67. The van der Waals surface area contributed by atoms with Gasteiger partial charge < -0.3 is 5.32 Å². The summed E-state index contributed by atoms with van der Waals surface area (Å²) >= 11 is 0. The lowest BCUT2D eigenvalue weighted by Gasteiger charge is -2.55. The monoisotopic (exact) mass is 275 g/mol. The van der Waals surface area contributed by atoms with Crippen molar-refractivity contribution >= 4 is 5.91 Å². The van der Waals surface area contributed by atoms with Crippen molar-refractivity contribution in [3.8, 4) is 0 Å². The molecule has 5 aliphatic rings. The third-order valence-corrected chi connectivity index (χ3v) is 6.82. The molecule has 1 atom stereocenters. The lowest BCUT2D eigenvalue weighted by Crippen LogP contribution is -2.55. The first-order valence-corrected chi connectivity index (χ1v) is 8.75. The van der Waals surface area contributed by atoms with Gasteiger partial charge in [-0.15, -0.1) is 0 Å². The molecule has 5 rings (SSSR count). The van der Waals surface area contributed by atoms with Crippen molar-refractivity contribution in [1.29, 1.82) is 0 Å². The molecule has 0 heterocycles. The second-order valence-electron chi connectivity index (χ2n) is 9.28. The van der Waals surface area contributed by atoms with Crippen LogP contribution in [0.15, 0.2) is 0 Å². The maximum absolute atomic E-state index is 13.0. The van der Waals surface area contributed by atoms with Crippen LogP contribution in [0.4, 0.5) is 0 Å². The zero-order valence-corrected chi connectivity index (χ0v) is 13.1. The van der Waals surface area contributed by atoms with Gasteiger partial charge in [-0.2, -0.15) is 0 Å². The fourth-order valence-corrected chi connectivity index (χ4v) is 6.29. The molecule has 1 N–H and O–H groups in total. The van der Waals surface area contributed by atoms with E-state index < -0.39 is 0 Å². The van der Waals surface area contributed by atoms with Crippen LogP contribution < -0.4 is 5.32 Å². The largest absolute Gasteiger partial charge is 0.353 e. The van der Waals surface area contributed by atoms with Crippen molar-refractivity contribution in [2.24, 2.45) is 28.6 Å². The number of rotatable bonds is 2. The minimum absolute atomic E-state index is 0.0431. The molecule has 4 bridgehead atoms. The van der Waals surface area contributed by atoms with Gasteiger partial charge in [0.1, 0.15) is 0 Å². The van der Waals surface area contributed by atoms with Crippen LogP contribution in [0.5, 0.6) is 0 Å². The van der Waals surface area contributed by atoms with Crippen LogP contribution in [0.3, 0.4) is 0 Å². The number of nitrogens with one attached hydrogen (secondary N) is 1. The van der Waals surface area contributed by atoms with E-state index in [4.69, 9.17) is 0 Å². The summed E-state index contributed by atoms with van der Waals surface area (Å²) in [5.74, 6) is 3.03. The summed E-state index contributed by atoms with van der Waals surface area (Å²) in [4.78, 5) is 13.0. The molecule has 5 aliphatic carbocycles. The van der Waals surface area contributed by atoms with Crippen molar-refractivity contribution in [1.82, 2.24) is 5.32 Å². The highest BCUT2D eigenvalue weighted by molar-refractivity contribution is 5.83. The Morgan fingerprint density at radius 2 is 1.50 bits per heavy atom. The van der Waals surface area contributed by atoms with Crippen molar-refractivity contribution in [2.45, 2.75) is 77.7 Å². The van der Waals surface area contributed by atoms with E-state index >= 15 is 0 Å². The molecule has 2 nitrogen and oxygen atoms in total. The van der Waals surface area contributed by atoms with Crippen LogP contribution in [0.2, 0.25) is 0 Å². The van der Waals surface area contributed by atoms with E-state index in [2.05, 4.69) is 19.2 Å². The molecule has 0 aromatic rings. The highest BCUT2D eigenvalue weighted by Crippen LogP contribution is 2.60. The van der Waals surface area contributed by atoms with E-state index in [0.29, 0.717) is 17.4 Å². The Bertz CT molecular complexity index is 390. The Kier molecular flexibility index (Phi) is 2.79. The molecule has 0 aromatic heterocycles. The van der Waals surface area contributed by atoms with E-state index in [-0.39, 0.29) is 5.41 Å². The molecule has 112 valence electrons. The molecule has 20 heavy (non-hydrogen) atoms. The van der Waals surface area contributed by atoms with E-state index in [1.54, 1.807) is 0 Å². The molecule has 0 saturated heterocycles. The second kappa shape index (κ2) is 4.24. The fourth-order valence-electron chi connectivity index (χ4n) is 6.29. The maximum Gasteiger partial charge on any atom is 0.226 e. The van der Waals surface area contributed by atoms with Crippen LogP contribution >= 0.6 is 0 Å². The molecule has 0 radical (unpaired) electrons. The molecule has 0 spiro atoms. The van der Waals surface area contributed by atoms with Crippen molar-refractivity contribution in [3.63, 3.8) is 0 Å². The van der Waals surface area contributed by atoms with Gasteiger partial charge in [0.25, 0.3) is 0 Å². The third-order valence-electron chi connectivity index (χ3n) is 6.82. The quantitative estimate of drug-likeness (QED) is 0.813. The summed E-state index contributed by atoms with van der Waals surface area (Å²) in [6.45, 7) is 4.67. The summed E-state index contributed by atoms with van der Waals surface area (Å²) < 4.78 is 0. The summed E-state index contributed by atoms with van der Waals surface area (Å²) in [6.07, 6.45) is 11.5. The summed E-state index contributed by atoms with van der Waals surface area (Å²) in [7, 11) is 0. The van der Waals surface area contributed by atoms with Gasteiger partial charge in [-0.05, 0) is 81.0 Å². The van der Waals surface area contributed by atoms with Gasteiger partial charge in [-0.3, -0.25) is 4.79 Å². The van der Waals surface area contributed by atoms with Crippen molar-refractivity contribution in [3.05, 3.63) is 0 Å². The smallest absolute Gasteiger partial charge is 0.226 e. The highest BCUT2D eigenvalue weighted by Gasteiger charge is 2.54. The Morgan fingerprint density at radius 1 is 0.950 bits per heavy atom. The normalized spacial score (nSPS) is 48.5. The molecule has 0 aromatic carbocycles. The SMILES string of the molecule is CC1(C)CCC(NC(=O)C23CC4CC(CC(C4)C2)C3)C1. The van der Waals surface area contributed by atoms with Gasteiger partial charge >= 0.3 is 0 Å². The molecule has 5 fully saturated rings. The van der Waals surface area contributed by atoms with Crippen LogP contribution in [-0.4, -0.2) is 11.9 Å². The van der Waals surface area contributed by atoms with Crippen LogP contribution in [0.1, 0.15) is 71.6 Å². The topological polar surface area (TPSA) is 29.1 Å². The molecule has 1 unspecified atom stereocenters. The minimum atomic E-state index is 0.0431. The molecule has 2 heteroatoms. The Morgan fingerprint density at radius 3 is 1.95 bits per heavy atom. The number of amides is 1. The number of hydrogen-bond acceptors (Lipinski definition) is 1. The number of carbonyl (C=O) groups is 1. The average molecular weight is 275 g/mol. The first kappa shape index (κ1) is 13.2. The second-order valence-corrected chi connectivity index (χ2v) is 9.28. The maximum atomic E-state index is 13.0. The Hall–Kier alpha value is -0.530. The van der Waals surface area contributed by atoms with E-state index in [9.17, 15) is 4.79 Å². The summed E-state index contributed by atoms with van der Waals surface area (Å²) in [5, 5.41) is 3.45. The Labute approximate surface area is 123 Å². The van der Waals surface area contributed by atoms with E-state index in [0.717, 1.165) is 17.8 Å². The van der Waals surface area contributed by atoms with Gasteiger partial charge in [0.2, 0.25) is 5.91 Å². The molecule has 5 saturated carbocycles. The van der Waals surface area contributed by atoms with Gasteiger partial charge in [-0.1, -0.05) is 13.8 Å². The summed E-state index contributed by atoms with van der Waals surface area (Å²) in [5.41, 5.74) is 0.473. The van der Waals surface area contributed by atoms with Crippen LogP contribution in [0.25, 0.3) is 0 Å². The molecule has 0 aliphatic heterocycles. The molecule has 1 amide bonds. The van der Waals surface area contributed by atoms with E-state index in [1.807, 2.05) is 0 Å². The summed E-state index contributed by atoms with van der Waals surface area (Å²) in [6, 6.07) is 0.450. The lowest BCUT2D eigenvalue weighted by atomic mass is 9.49. The predicted octanol–water partition coefficient (Wildman–Crippen LogP) is 3.90. The standard InChI is InChI=1S/C18H29NO/c1-17(2)4-3-15(11-17)19-16(20)18-8-12-5-13(9-18)7-14(6-12)10-18/h12-15H,3-11H2,1-2H3,(H,19,20). The van der Waals surface area contributed by atoms with Crippen molar-refractivity contribution in [2.75, 3.05) is 0 Å². The number of hydrogen-bond donors (Lipinski definition) is 1. The van der Waals surface area contributed by atoms with Gasteiger partial charge in [0.05, 0.1) is 0 Å².